The van der Waals surface area contributed by atoms with Gasteiger partial charge in [0.15, 0.2) is 0 Å². The van der Waals surface area contributed by atoms with Gasteiger partial charge >= 0.3 is 0 Å². The largest absolute Gasteiger partial charge is 0.378 e. The molecule has 4 aliphatic rings. The molecule has 108 valence electrons. The van der Waals surface area contributed by atoms with Gasteiger partial charge in [0.2, 0.25) is 5.91 Å². The molecule has 3 heteroatoms. The van der Waals surface area contributed by atoms with Crippen LogP contribution in [-0.2, 0) is 9.53 Å². The van der Waals surface area contributed by atoms with Crippen molar-refractivity contribution < 1.29 is 9.53 Å². The molecule has 0 aromatic rings. The van der Waals surface area contributed by atoms with E-state index in [1.54, 1.807) is 0 Å². The van der Waals surface area contributed by atoms with Crippen molar-refractivity contribution >= 4 is 5.91 Å². The smallest absolute Gasteiger partial charge is 0.228 e. The van der Waals surface area contributed by atoms with Gasteiger partial charge in [0.05, 0.1) is 13.2 Å². The van der Waals surface area contributed by atoms with Crippen LogP contribution in [0.3, 0.4) is 0 Å². The Labute approximate surface area is 116 Å². The third kappa shape index (κ3) is 2.10. The molecule has 0 unspecified atom stereocenters. The van der Waals surface area contributed by atoms with Crippen LogP contribution in [0.5, 0.6) is 0 Å². The van der Waals surface area contributed by atoms with Crippen molar-refractivity contribution in [1.82, 2.24) is 4.90 Å². The standard InChI is InChI=1S/C16H27NO2/c1-13(2)15-3-6-16(7-4-15,8-5-15)14(18)17-9-11-19-12-10-17/h13H,3-12H2,1-2H3. The summed E-state index contributed by atoms with van der Waals surface area (Å²) >= 11 is 0. The first-order valence-electron chi connectivity index (χ1n) is 7.95. The predicted molar refractivity (Wildman–Crippen MR) is 74.8 cm³/mol. The van der Waals surface area contributed by atoms with Gasteiger partial charge < -0.3 is 9.64 Å². The van der Waals surface area contributed by atoms with Gasteiger partial charge in [0.1, 0.15) is 0 Å². The Morgan fingerprint density at radius 2 is 1.53 bits per heavy atom. The Bertz CT molecular complexity index is 333. The molecule has 1 saturated heterocycles. The second-order valence-corrected chi connectivity index (χ2v) is 7.20. The molecule has 0 spiro atoms. The predicted octanol–water partition coefficient (Wildman–Crippen LogP) is 2.84. The van der Waals surface area contributed by atoms with Gasteiger partial charge in [-0.1, -0.05) is 13.8 Å². The molecule has 1 amide bonds. The van der Waals surface area contributed by atoms with Crippen LogP contribution in [0.4, 0.5) is 0 Å². The SMILES string of the molecule is CC(C)C12CCC(C(=O)N3CCOCC3)(CC1)CC2. The average molecular weight is 265 g/mol. The van der Waals surface area contributed by atoms with Crippen LogP contribution < -0.4 is 0 Å². The monoisotopic (exact) mass is 265 g/mol. The van der Waals surface area contributed by atoms with Crippen LogP contribution in [-0.4, -0.2) is 37.1 Å². The number of hydrogen-bond donors (Lipinski definition) is 0. The van der Waals surface area contributed by atoms with Gasteiger partial charge in [-0.2, -0.15) is 0 Å². The first-order valence-corrected chi connectivity index (χ1v) is 7.95. The molecule has 0 radical (unpaired) electrons. The summed E-state index contributed by atoms with van der Waals surface area (Å²) in [5.74, 6) is 1.21. The van der Waals surface area contributed by atoms with Gasteiger partial charge in [0, 0.05) is 18.5 Å². The number of amides is 1. The minimum atomic E-state index is -0.00597. The number of morpholine rings is 1. The van der Waals surface area contributed by atoms with E-state index < -0.39 is 0 Å². The summed E-state index contributed by atoms with van der Waals surface area (Å²) < 4.78 is 5.37. The minimum absolute atomic E-state index is 0.00597. The molecule has 0 N–H and O–H groups in total. The molecule has 4 fully saturated rings. The van der Waals surface area contributed by atoms with Crippen LogP contribution in [0.15, 0.2) is 0 Å². The quantitative estimate of drug-likeness (QED) is 0.768. The average Bonchev–Trinajstić information content (AvgIpc) is 2.49. The molecule has 0 aromatic carbocycles. The maximum Gasteiger partial charge on any atom is 0.228 e. The fourth-order valence-electron chi connectivity index (χ4n) is 4.50. The van der Waals surface area contributed by atoms with E-state index in [-0.39, 0.29) is 5.41 Å². The van der Waals surface area contributed by atoms with Crippen molar-refractivity contribution in [2.24, 2.45) is 16.7 Å². The molecule has 2 bridgehead atoms. The molecule has 19 heavy (non-hydrogen) atoms. The zero-order valence-corrected chi connectivity index (χ0v) is 12.4. The summed E-state index contributed by atoms with van der Waals surface area (Å²) in [5.41, 5.74) is 0.543. The molecule has 3 saturated carbocycles. The maximum atomic E-state index is 12.9. The van der Waals surface area contributed by atoms with Crippen LogP contribution in [0, 0.1) is 16.7 Å². The minimum Gasteiger partial charge on any atom is -0.378 e. The number of nitrogens with zero attached hydrogens (tertiary/aromatic N) is 1. The molecule has 1 heterocycles. The van der Waals surface area contributed by atoms with E-state index in [0.29, 0.717) is 11.3 Å². The summed E-state index contributed by atoms with van der Waals surface area (Å²) in [5, 5.41) is 0. The summed E-state index contributed by atoms with van der Waals surface area (Å²) in [6.45, 7) is 7.77. The molecular formula is C16H27NO2. The van der Waals surface area contributed by atoms with Crippen molar-refractivity contribution in [3.8, 4) is 0 Å². The number of carbonyl (C=O) groups excluding carboxylic acids is 1. The summed E-state index contributed by atoms with van der Waals surface area (Å²) in [4.78, 5) is 14.9. The highest BCUT2D eigenvalue weighted by molar-refractivity contribution is 5.83. The number of rotatable bonds is 2. The van der Waals surface area contributed by atoms with Crippen molar-refractivity contribution in [3.63, 3.8) is 0 Å². The van der Waals surface area contributed by atoms with Crippen molar-refractivity contribution in [3.05, 3.63) is 0 Å². The van der Waals surface area contributed by atoms with Crippen LogP contribution in [0.25, 0.3) is 0 Å². The molecular weight excluding hydrogens is 238 g/mol. The van der Waals surface area contributed by atoms with Crippen LogP contribution in [0.2, 0.25) is 0 Å². The van der Waals surface area contributed by atoms with Crippen molar-refractivity contribution in [1.29, 1.82) is 0 Å². The van der Waals surface area contributed by atoms with Crippen molar-refractivity contribution in [2.45, 2.75) is 52.4 Å². The van der Waals surface area contributed by atoms with E-state index in [4.69, 9.17) is 4.74 Å². The normalized spacial score (nSPS) is 38.8. The van der Waals surface area contributed by atoms with E-state index in [1.165, 1.54) is 19.3 Å². The zero-order valence-electron chi connectivity index (χ0n) is 12.4. The van der Waals surface area contributed by atoms with E-state index in [2.05, 4.69) is 18.7 Å². The first kappa shape index (κ1) is 13.4. The van der Waals surface area contributed by atoms with Gasteiger partial charge in [0.25, 0.3) is 0 Å². The summed E-state index contributed by atoms with van der Waals surface area (Å²) in [7, 11) is 0. The van der Waals surface area contributed by atoms with Gasteiger partial charge in [-0.3, -0.25) is 4.79 Å². The molecule has 0 atom stereocenters. The summed E-state index contributed by atoms with van der Waals surface area (Å²) in [6.07, 6.45) is 7.17. The second kappa shape index (κ2) is 4.76. The van der Waals surface area contributed by atoms with Gasteiger partial charge in [-0.05, 0) is 49.9 Å². The van der Waals surface area contributed by atoms with Crippen LogP contribution in [0.1, 0.15) is 52.4 Å². The molecule has 3 nitrogen and oxygen atoms in total. The van der Waals surface area contributed by atoms with Crippen LogP contribution >= 0.6 is 0 Å². The summed E-state index contributed by atoms with van der Waals surface area (Å²) in [6, 6.07) is 0. The molecule has 1 aliphatic heterocycles. The van der Waals surface area contributed by atoms with Crippen molar-refractivity contribution in [2.75, 3.05) is 26.3 Å². The lowest BCUT2D eigenvalue weighted by Crippen LogP contribution is -2.54. The second-order valence-electron chi connectivity index (χ2n) is 7.20. The topological polar surface area (TPSA) is 29.5 Å². The molecule has 3 aliphatic carbocycles. The van der Waals surface area contributed by atoms with E-state index in [9.17, 15) is 4.79 Å². The lowest BCUT2D eigenvalue weighted by molar-refractivity contribution is -0.157. The zero-order chi connectivity index (χ0) is 13.5. The van der Waals surface area contributed by atoms with Gasteiger partial charge in [-0.25, -0.2) is 0 Å². The Hall–Kier alpha value is -0.570. The Morgan fingerprint density at radius 1 is 1.00 bits per heavy atom. The first-order chi connectivity index (χ1) is 9.08. The van der Waals surface area contributed by atoms with E-state index >= 15 is 0 Å². The van der Waals surface area contributed by atoms with E-state index in [1.807, 2.05) is 0 Å². The third-order valence-corrected chi connectivity index (χ3v) is 6.28. The number of hydrogen-bond acceptors (Lipinski definition) is 2. The Morgan fingerprint density at radius 3 is 2.00 bits per heavy atom. The maximum absolute atomic E-state index is 12.9. The highest BCUT2D eigenvalue weighted by Crippen LogP contribution is 2.60. The Kier molecular flexibility index (Phi) is 3.36. The Balaban J connectivity index is 1.71. The molecule has 4 rings (SSSR count). The number of ether oxygens (including phenoxy) is 1. The highest BCUT2D eigenvalue weighted by Gasteiger charge is 2.54. The molecule has 0 aromatic heterocycles. The fraction of sp³-hybridized carbons (Fsp3) is 0.938. The van der Waals surface area contributed by atoms with E-state index in [0.717, 1.165) is 51.5 Å². The lowest BCUT2D eigenvalue weighted by Gasteiger charge is -2.55. The number of carbonyl (C=O) groups is 1. The number of fused-ring (bicyclic) bond motifs is 3. The third-order valence-electron chi connectivity index (χ3n) is 6.28. The fourth-order valence-corrected chi connectivity index (χ4v) is 4.50. The lowest BCUT2D eigenvalue weighted by atomic mass is 9.50. The highest BCUT2D eigenvalue weighted by atomic mass is 16.5. The van der Waals surface area contributed by atoms with Gasteiger partial charge in [-0.15, -0.1) is 0 Å².